The molecular formula is C34H27P. The van der Waals surface area contributed by atoms with Gasteiger partial charge in [0.05, 0.1) is 0 Å². The second kappa shape index (κ2) is 9.87. The largest absolute Gasteiger partial charge is 0.0616 e. The monoisotopic (exact) mass is 466 g/mol. The Labute approximate surface area is 209 Å². The van der Waals surface area contributed by atoms with Gasteiger partial charge in [0, 0.05) is 0 Å². The highest BCUT2D eigenvalue weighted by Crippen LogP contribution is 2.23. The van der Waals surface area contributed by atoms with E-state index in [4.69, 9.17) is 0 Å². The highest BCUT2D eigenvalue weighted by molar-refractivity contribution is 7.55. The maximum atomic E-state index is 2.29. The quantitative estimate of drug-likeness (QED) is 0.220. The molecule has 6 aromatic rings. The normalized spacial score (nSPS) is 11.2. The van der Waals surface area contributed by atoms with E-state index >= 15 is 0 Å². The van der Waals surface area contributed by atoms with Gasteiger partial charge < -0.3 is 0 Å². The van der Waals surface area contributed by atoms with Crippen LogP contribution in [0.2, 0.25) is 0 Å². The molecule has 0 saturated carbocycles. The molecule has 35 heavy (non-hydrogen) atoms. The first kappa shape index (κ1) is 21.8. The molecule has 0 radical (unpaired) electrons. The number of rotatable bonds is 6. The van der Waals surface area contributed by atoms with Crippen molar-refractivity contribution in [1.82, 2.24) is 0 Å². The lowest BCUT2D eigenvalue weighted by Gasteiger charge is -2.09. The standard InChI is InChI=1S/C34H27P/c1-3-13-33-27(7-1)9-5-11-29(33)23-25-15-19-31(20-16-25)35-32-21-17-26(18-22-32)24-30-12-6-10-28-8-2-4-14-34(28)30/h1-22,35H,23-24H2. The van der Waals surface area contributed by atoms with Crippen molar-refractivity contribution in [1.29, 1.82) is 0 Å². The smallest absolute Gasteiger partial charge is 0.00196 e. The van der Waals surface area contributed by atoms with E-state index in [1.54, 1.807) is 0 Å². The van der Waals surface area contributed by atoms with Gasteiger partial charge in [-0.3, -0.25) is 0 Å². The summed E-state index contributed by atoms with van der Waals surface area (Å²) in [6.07, 6.45) is 1.93. The van der Waals surface area contributed by atoms with Crippen molar-refractivity contribution in [2.24, 2.45) is 0 Å². The molecule has 0 bridgehead atoms. The van der Waals surface area contributed by atoms with Crippen LogP contribution in [0.25, 0.3) is 21.5 Å². The van der Waals surface area contributed by atoms with Gasteiger partial charge in [-0.15, -0.1) is 0 Å². The maximum absolute atomic E-state index is 2.29. The summed E-state index contributed by atoms with van der Waals surface area (Å²) in [5.41, 5.74) is 5.50. The second-order valence-corrected chi connectivity index (χ2v) is 10.6. The summed E-state index contributed by atoms with van der Waals surface area (Å²) in [7, 11) is 0.674. The van der Waals surface area contributed by atoms with E-state index in [0.29, 0.717) is 8.58 Å². The van der Waals surface area contributed by atoms with Crippen molar-refractivity contribution in [2.45, 2.75) is 12.8 Å². The topological polar surface area (TPSA) is 0 Å². The number of fused-ring (bicyclic) bond motifs is 2. The third kappa shape index (κ3) is 4.90. The molecule has 0 aliphatic heterocycles. The van der Waals surface area contributed by atoms with Crippen LogP contribution >= 0.6 is 8.58 Å². The minimum Gasteiger partial charge on any atom is -0.0616 e. The Morgan fingerprint density at radius 3 is 1.23 bits per heavy atom. The fraction of sp³-hybridized carbons (Fsp3) is 0.0588. The molecule has 0 unspecified atom stereocenters. The molecule has 1 heteroatoms. The van der Waals surface area contributed by atoms with Crippen LogP contribution < -0.4 is 10.6 Å². The van der Waals surface area contributed by atoms with E-state index < -0.39 is 0 Å². The van der Waals surface area contributed by atoms with Crippen LogP contribution in [0.1, 0.15) is 22.3 Å². The highest BCUT2D eigenvalue weighted by atomic mass is 31.1. The van der Waals surface area contributed by atoms with Crippen LogP contribution in [0.15, 0.2) is 133 Å². The second-order valence-electron chi connectivity index (χ2n) is 9.15. The number of benzene rings is 6. The van der Waals surface area contributed by atoms with Crippen LogP contribution in [-0.2, 0) is 12.8 Å². The molecule has 0 aliphatic carbocycles. The van der Waals surface area contributed by atoms with Crippen LogP contribution in [0.5, 0.6) is 0 Å². The average molecular weight is 467 g/mol. The molecule has 0 atom stereocenters. The Morgan fingerprint density at radius 2 is 0.771 bits per heavy atom. The molecule has 0 fully saturated rings. The fourth-order valence-corrected chi connectivity index (χ4v) is 5.91. The summed E-state index contributed by atoms with van der Waals surface area (Å²) < 4.78 is 0. The van der Waals surface area contributed by atoms with E-state index in [1.165, 1.54) is 54.4 Å². The minimum absolute atomic E-state index is 0.674. The minimum atomic E-state index is 0.674. The highest BCUT2D eigenvalue weighted by Gasteiger charge is 2.05. The summed E-state index contributed by atoms with van der Waals surface area (Å²) in [5, 5.41) is 8.09. The van der Waals surface area contributed by atoms with Gasteiger partial charge in [-0.1, -0.05) is 142 Å². The van der Waals surface area contributed by atoms with Crippen molar-refractivity contribution in [3.05, 3.63) is 156 Å². The third-order valence-electron chi connectivity index (χ3n) is 6.75. The molecule has 6 rings (SSSR count). The van der Waals surface area contributed by atoms with Gasteiger partial charge in [-0.05, 0) is 67.2 Å². The molecule has 0 heterocycles. The molecule has 0 aromatic heterocycles. The molecule has 0 aliphatic rings. The lowest BCUT2D eigenvalue weighted by Crippen LogP contribution is -2.04. The molecule has 0 amide bonds. The molecule has 0 saturated heterocycles. The molecule has 0 spiro atoms. The average Bonchev–Trinajstić information content (AvgIpc) is 2.91. The Kier molecular flexibility index (Phi) is 6.14. The van der Waals surface area contributed by atoms with Gasteiger partial charge in [0.1, 0.15) is 0 Å². The summed E-state index contributed by atoms with van der Waals surface area (Å²) in [6.45, 7) is 0. The van der Waals surface area contributed by atoms with Crippen LogP contribution in [0.4, 0.5) is 0 Å². The van der Waals surface area contributed by atoms with E-state index in [9.17, 15) is 0 Å². The first-order chi connectivity index (χ1) is 17.3. The summed E-state index contributed by atoms with van der Waals surface area (Å²) >= 11 is 0. The van der Waals surface area contributed by atoms with E-state index in [0.717, 1.165) is 12.8 Å². The summed E-state index contributed by atoms with van der Waals surface area (Å²) in [4.78, 5) is 0. The van der Waals surface area contributed by atoms with E-state index in [2.05, 4.69) is 133 Å². The summed E-state index contributed by atoms with van der Waals surface area (Å²) in [6, 6.07) is 48.9. The SMILES string of the molecule is c1ccc2c(Cc3ccc(Pc4ccc(Cc5cccc6ccccc56)cc4)cc3)cccc2c1. The number of hydrogen-bond acceptors (Lipinski definition) is 0. The first-order valence-electron chi connectivity index (χ1n) is 12.2. The van der Waals surface area contributed by atoms with Crippen LogP contribution in [-0.4, -0.2) is 0 Å². The molecular weight excluding hydrogens is 439 g/mol. The van der Waals surface area contributed by atoms with Gasteiger partial charge in [0.15, 0.2) is 0 Å². The van der Waals surface area contributed by atoms with Crippen molar-refractivity contribution in [3.8, 4) is 0 Å². The fourth-order valence-electron chi connectivity index (χ4n) is 4.91. The lowest BCUT2D eigenvalue weighted by molar-refractivity contribution is 1.22. The molecule has 168 valence electrons. The van der Waals surface area contributed by atoms with Crippen LogP contribution in [0, 0.1) is 0 Å². The van der Waals surface area contributed by atoms with Crippen molar-refractivity contribution < 1.29 is 0 Å². The summed E-state index contributed by atoms with van der Waals surface area (Å²) in [5.74, 6) is 0. The van der Waals surface area contributed by atoms with Gasteiger partial charge in [-0.25, -0.2) is 0 Å². The van der Waals surface area contributed by atoms with E-state index in [1.807, 2.05) is 0 Å². The lowest BCUT2D eigenvalue weighted by atomic mass is 9.98. The first-order valence-corrected chi connectivity index (χ1v) is 13.2. The Hall–Kier alpha value is -3.73. The molecule has 6 aromatic carbocycles. The van der Waals surface area contributed by atoms with Gasteiger partial charge >= 0.3 is 0 Å². The Bertz CT molecular complexity index is 1460. The van der Waals surface area contributed by atoms with Crippen LogP contribution in [0.3, 0.4) is 0 Å². The van der Waals surface area contributed by atoms with Crippen molar-refractivity contribution >= 4 is 40.7 Å². The number of hydrogen-bond donors (Lipinski definition) is 0. The Morgan fingerprint density at radius 1 is 0.371 bits per heavy atom. The maximum Gasteiger partial charge on any atom is -0.00196 e. The molecule has 0 N–H and O–H groups in total. The van der Waals surface area contributed by atoms with Gasteiger partial charge in [0.2, 0.25) is 0 Å². The predicted molar refractivity (Wildman–Crippen MR) is 154 cm³/mol. The van der Waals surface area contributed by atoms with Crippen molar-refractivity contribution in [3.63, 3.8) is 0 Å². The zero-order valence-corrected chi connectivity index (χ0v) is 20.6. The predicted octanol–water partition coefficient (Wildman–Crippen LogP) is 7.80. The zero-order valence-electron chi connectivity index (χ0n) is 19.6. The van der Waals surface area contributed by atoms with E-state index in [-0.39, 0.29) is 0 Å². The van der Waals surface area contributed by atoms with Gasteiger partial charge in [-0.2, -0.15) is 0 Å². The van der Waals surface area contributed by atoms with Crippen molar-refractivity contribution in [2.75, 3.05) is 0 Å². The Balaban J connectivity index is 1.13. The third-order valence-corrected chi connectivity index (χ3v) is 7.99. The molecule has 0 nitrogen and oxygen atoms in total. The van der Waals surface area contributed by atoms with Gasteiger partial charge in [0.25, 0.3) is 0 Å². The zero-order chi connectivity index (χ0) is 23.5.